The summed E-state index contributed by atoms with van der Waals surface area (Å²) in [4.78, 5) is 0. The second kappa shape index (κ2) is 6.86. The van der Waals surface area contributed by atoms with Crippen molar-refractivity contribution in [2.75, 3.05) is 19.8 Å². The molecule has 0 aliphatic carbocycles. The number of hydrogen-bond acceptors (Lipinski definition) is 2. The largest absolute Gasteiger partial charge is 0.381 e. The van der Waals surface area contributed by atoms with Crippen LogP contribution in [0.15, 0.2) is 24.3 Å². The van der Waals surface area contributed by atoms with Crippen LogP contribution in [0.5, 0.6) is 0 Å². The lowest BCUT2D eigenvalue weighted by Crippen LogP contribution is -2.33. The van der Waals surface area contributed by atoms with Crippen LogP contribution in [0.3, 0.4) is 0 Å². The van der Waals surface area contributed by atoms with Crippen LogP contribution in [0, 0.1) is 11.7 Å². The molecule has 0 aromatic heterocycles. The Kier molecular flexibility index (Phi) is 5.14. The molecule has 1 aliphatic heterocycles. The van der Waals surface area contributed by atoms with Gasteiger partial charge in [-0.1, -0.05) is 19.1 Å². The molecule has 2 atom stereocenters. The molecule has 0 amide bonds. The number of likely N-dealkylation sites (N-methyl/N-ethyl adjacent to an activating group) is 1. The highest BCUT2D eigenvalue weighted by Gasteiger charge is 2.20. The van der Waals surface area contributed by atoms with Crippen molar-refractivity contribution in [3.63, 3.8) is 0 Å². The molecule has 0 spiro atoms. The predicted octanol–water partition coefficient (Wildman–Crippen LogP) is 2.77. The molecule has 18 heavy (non-hydrogen) atoms. The Hall–Kier alpha value is -0.930. The number of hydrogen-bond donors (Lipinski definition) is 1. The molecule has 1 aliphatic rings. The third-order valence-corrected chi connectivity index (χ3v) is 3.53. The molecule has 0 radical (unpaired) electrons. The van der Waals surface area contributed by atoms with Crippen LogP contribution in [0.25, 0.3) is 0 Å². The van der Waals surface area contributed by atoms with Gasteiger partial charge in [-0.25, -0.2) is 4.39 Å². The first-order valence-electron chi connectivity index (χ1n) is 6.83. The first-order valence-corrected chi connectivity index (χ1v) is 6.83. The van der Waals surface area contributed by atoms with Crippen LogP contribution in [0.1, 0.15) is 25.3 Å². The minimum absolute atomic E-state index is 0.164. The summed E-state index contributed by atoms with van der Waals surface area (Å²) < 4.78 is 18.3. The predicted molar refractivity (Wildman–Crippen MR) is 71.1 cm³/mol. The van der Waals surface area contributed by atoms with Crippen molar-refractivity contribution in [1.29, 1.82) is 0 Å². The zero-order chi connectivity index (χ0) is 12.8. The van der Waals surface area contributed by atoms with Gasteiger partial charge in [0.15, 0.2) is 0 Å². The van der Waals surface area contributed by atoms with Gasteiger partial charge in [-0.15, -0.1) is 0 Å². The van der Waals surface area contributed by atoms with Gasteiger partial charge in [-0.3, -0.25) is 0 Å². The molecule has 1 aromatic carbocycles. The Morgan fingerprint density at radius 1 is 1.39 bits per heavy atom. The maximum atomic E-state index is 12.9. The third-order valence-electron chi connectivity index (χ3n) is 3.53. The number of benzene rings is 1. The lowest BCUT2D eigenvalue weighted by molar-refractivity contribution is 0.181. The van der Waals surface area contributed by atoms with E-state index in [0.29, 0.717) is 12.0 Å². The zero-order valence-corrected chi connectivity index (χ0v) is 11.0. The van der Waals surface area contributed by atoms with Crippen molar-refractivity contribution in [2.24, 2.45) is 5.92 Å². The van der Waals surface area contributed by atoms with Crippen molar-refractivity contribution in [3.8, 4) is 0 Å². The van der Waals surface area contributed by atoms with E-state index in [9.17, 15) is 4.39 Å². The molecule has 3 heteroatoms. The van der Waals surface area contributed by atoms with Crippen molar-refractivity contribution in [2.45, 2.75) is 32.2 Å². The summed E-state index contributed by atoms with van der Waals surface area (Å²) in [5, 5.41) is 3.52. The van der Waals surface area contributed by atoms with Gasteiger partial charge in [0.25, 0.3) is 0 Å². The number of halogens is 1. The molecule has 2 rings (SSSR count). The van der Waals surface area contributed by atoms with Crippen molar-refractivity contribution >= 4 is 0 Å². The van der Waals surface area contributed by atoms with E-state index in [1.807, 2.05) is 12.1 Å². The molecule has 2 nitrogen and oxygen atoms in total. The van der Waals surface area contributed by atoms with E-state index in [1.54, 1.807) is 0 Å². The lowest BCUT2D eigenvalue weighted by atomic mass is 9.94. The van der Waals surface area contributed by atoms with Crippen LogP contribution in [0.2, 0.25) is 0 Å². The van der Waals surface area contributed by atoms with E-state index in [1.165, 1.54) is 24.1 Å². The fourth-order valence-electron chi connectivity index (χ4n) is 2.60. The monoisotopic (exact) mass is 251 g/mol. The van der Waals surface area contributed by atoms with Gasteiger partial charge in [-0.05, 0) is 49.4 Å². The molecule has 1 fully saturated rings. The van der Waals surface area contributed by atoms with E-state index >= 15 is 0 Å². The molecule has 0 bridgehead atoms. The van der Waals surface area contributed by atoms with Gasteiger partial charge in [0.1, 0.15) is 5.82 Å². The topological polar surface area (TPSA) is 21.3 Å². The maximum Gasteiger partial charge on any atom is 0.123 e. The summed E-state index contributed by atoms with van der Waals surface area (Å²) in [6, 6.07) is 7.30. The third kappa shape index (κ3) is 4.07. The van der Waals surface area contributed by atoms with Gasteiger partial charge >= 0.3 is 0 Å². The summed E-state index contributed by atoms with van der Waals surface area (Å²) in [6.45, 7) is 4.90. The van der Waals surface area contributed by atoms with Crippen LogP contribution < -0.4 is 5.32 Å². The smallest absolute Gasteiger partial charge is 0.123 e. The van der Waals surface area contributed by atoms with E-state index < -0.39 is 0 Å². The Labute approximate surface area is 109 Å². The SMILES string of the molecule is CCNC(Cc1ccc(F)cc1)CC1CCOC1. The normalized spacial score (nSPS) is 21.1. The van der Waals surface area contributed by atoms with Gasteiger partial charge in [0.05, 0.1) is 0 Å². The van der Waals surface area contributed by atoms with Crippen LogP contribution in [-0.2, 0) is 11.2 Å². The Bertz CT molecular complexity index is 346. The Morgan fingerprint density at radius 2 is 2.17 bits per heavy atom. The number of rotatable bonds is 6. The maximum absolute atomic E-state index is 12.9. The van der Waals surface area contributed by atoms with Crippen LogP contribution >= 0.6 is 0 Å². The van der Waals surface area contributed by atoms with Gasteiger partial charge in [0, 0.05) is 19.3 Å². The fraction of sp³-hybridized carbons (Fsp3) is 0.600. The zero-order valence-electron chi connectivity index (χ0n) is 11.0. The molecular weight excluding hydrogens is 229 g/mol. The molecule has 2 unspecified atom stereocenters. The molecule has 1 saturated heterocycles. The van der Waals surface area contributed by atoms with Crippen LogP contribution in [-0.4, -0.2) is 25.8 Å². The highest BCUT2D eigenvalue weighted by atomic mass is 19.1. The lowest BCUT2D eigenvalue weighted by Gasteiger charge is -2.21. The van der Waals surface area contributed by atoms with Gasteiger partial charge in [-0.2, -0.15) is 0 Å². The van der Waals surface area contributed by atoms with E-state index in [0.717, 1.165) is 32.6 Å². The highest BCUT2D eigenvalue weighted by molar-refractivity contribution is 5.17. The summed E-state index contributed by atoms with van der Waals surface area (Å²) in [6.07, 6.45) is 3.28. The average molecular weight is 251 g/mol. The van der Waals surface area contributed by atoms with Gasteiger partial charge < -0.3 is 10.1 Å². The second-order valence-electron chi connectivity index (χ2n) is 5.05. The molecule has 0 saturated carbocycles. The number of nitrogens with one attached hydrogen (secondary N) is 1. The average Bonchev–Trinajstić information content (AvgIpc) is 2.85. The first kappa shape index (κ1) is 13.5. The summed E-state index contributed by atoms with van der Waals surface area (Å²) in [5.41, 5.74) is 1.20. The van der Waals surface area contributed by atoms with Crippen LogP contribution in [0.4, 0.5) is 4.39 Å². The first-order chi connectivity index (χ1) is 8.78. The Morgan fingerprint density at radius 3 is 2.78 bits per heavy atom. The summed E-state index contributed by atoms with van der Waals surface area (Å²) >= 11 is 0. The van der Waals surface area contributed by atoms with Gasteiger partial charge in [0.2, 0.25) is 0 Å². The minimum Gasteiger partial charge on any atom is -0.381 e. The standard InChI is InChI=1S/C15H22FNO/c1-2-17-15(10-13-7-8-18-11-13)9-12-3-5-14(16)6-4-12/h3-6,13,15,17H,2,7-11H2,1H3. The molecular formula is C15H22FNO. The van der Waals surface area contributed by atoms with E-state index in [-0.39, 0.29) is 5.82 Å². The fourth-order valence-corrected chi connectivity index (χ4v) is 2.60. The van der Waals surface area contributed by atoms with Crippen molar-refractivity contribution in [3.05, 3.63) is 35.6 Å². The molecule has 1 aromatic rings. The second-order valence-corrected chi connectivity index (χ2v) is 5.05. The molecule has 1 N–H and O–H groups in total. The molecule has 100 valence electrons. The van der Waals surface area contributed by atoms with E-state index in [2.05, 4.69) is 12.2 Å². The molecule has 1 heterocycles. The van der Waals surface area contributed by atoms with Crippen molar-refractivity contribution in [1.82, 2.24) is 5.32 Å². The van der Waals surface area contributed by atoms with Crippen molar-refractivity contribution < 1.29 is 9.13 Å². The number of ether oxygens (including phenoxy) is 1. The quantitative estimate of drug-likeness (QED) is 0.839. The highest BCUT2D eigenvalue weighted by Crippen LogP contribution is 2.20. The Balaban J connectivity index is 1.90. The minimum atomic E-state index is -0.164. The van der Waals surface area contributed by atoms with E-state index in [4.69, 9.17) is 4.74 Å². The summed E-state index contributed by atoms with van der Waals surface area (Å²) in [5.74, 6) is 0.512. The summed E-state index contributed by atoms with van der Waals surface area (Å²) in [7, 11) is 0.